The number of benzene rings is 2. The number of rotatable bonds is 3. The van der Waals surface area contributed by atoms with E-state index in [-0.39, 0.29) is 5.82 Å². The topological polar surface area (TPSA) is 9.23 Å². The van der Waals surface area contributed by atoms with Crippen LogP contribution < -0.4 is 4.74 Å². The lowest BCUT2D eigenvalue weighted by Gasteiger charge is -2.08. The summed E-state index contributed by atoms with van der Waals surface area (Å²) in [6.07, 6.45) is 0. The first-order valence-corrected chi connectivity index (χ1v) is 6.43. The Hall–Kier alpha value is -0.810. The third kappa shape index (κ3) is 3.57. The molecule has 0 bridgehead atoms. The quantitative estimate of drug-likeness (QED) is 0.722. The van der Waals surface area contributed by atoms with Gasteiger partial charge in [0, 0.05) is 9.13 Å². The minimum atomic E-state index is -0.340. The number of hydrogen-bond donors (Lipinski definition) is 0. The molecule has 0 aliphatic heterocycles. The van der Waals surface area contributed by atoms with Crippen LogP contribution in [0, 0.1) is 9.39 Å². The van der Waals surface area contributed by atoms with E-state index in [1.54, 1.807) is 6.07 Å². The fraction of sp³-hybridized carbons (Fsp3) is 0.0769. The van der Waals surface area contributed by atoms with Crippen LogP contribution in [-0.2, 0) is 6.61 Å². The van der Waals surface area contributed by atoms with E-state index >= 15 is 0 Å². The second-order valence-corrected chi connectivity index (χ2v) is 5.13. The molecule has 0 amide bonds. The molecule has 0 saturated carbocycles. The predicted molar refractivity (Wildman–Crippen MR) is 74.9 cm³/mol. The van der Waals surface area contributed by atoms with E-state index in [1.807, 2.05) is 24.3 Å². The van der Waals surface area contributed by atoms with Crippen LogP contribution in [-0.4, -0.2) is 0 Å². The van der Waals surface area contributed by atoms with Gasteiger partial charge in [0.05, 0.1) is 5.02 Å². The van der Waals surface area contributed by atoms with Crippen LogP contribution in [0.15, 0.2) is 42.5 Å². The van der Waals surface area contributed by atoms with Crippen molar-refractivity contribution < 1.29 is 9.13 Å². The molecule has 0 heterocycles. The molecule has 2 aromatic rings. The molecule has 0 radical (unpaired) electrons. The third-order valence-corrected chi connectivity index (χ3v) is 3.23. The summed E-state index contributed by atoms with van der Waals surface area (Å²) < 4.78 is 19.5. The summed E-state index contributed by atoms with van der Waals surface area (Å²) in [5, 5.41) is 0.385. The van der Waals surface area contributed by atoms with Gasteiger partial charge in [0.2, 0.25) is 0 Å². The van der Waals surface area contributed by atoms with Crippen molar-refractivity contribution in [1.29, 1.82) is 0 Å². The average Bonchev–Trinajstić information content (AvgIpc) is 2.28. The highest BCUT2D eigenvalue weighted by molar-refractivity contribution is 14.1. The minimum absolute atomic E-state index is 0.333. The van der Waals surface area contributed by atoms with Crippen molar-refractivity contribution in [3.63, 3.8) is 0 Å². The lowest BCUT2D eigenvalue weighted by Crippen LogP contribution is -1.96. The fourth-order valence-corrected chi connectivity index (χ4v) is 2.09. The second kappa shape index (κ2) is 5.69. The molecule has 0 unspecified atom stereocenters. The minimum Gasteiger partial charge on any atom is -0.489 e. The number of hydrogen-bond acceptors (Lipinski definition) is 1. The Labute approximate surface area is 118 Å². The molecule has 0 saturated heterocycles. The van der Waals surface area contributed by atoms with E-state index in [0.29, 0.717) is 11.6 Å². The zero-order valence-corrected chi connectivity index (χ0v) is 11.7. The van der Waals surface area contributed by atoms with Crippen LogP contribution in [0.25, 0.3) is 0 Å². The summed E-state index contributed by atoms with van der Waals surface area (Å²) in [6.45, 7) is 0.333. The highest BCUT2D eigenvalue weighted by Crippen LogP contribution is 2.21. The summed E-state index contributed by atoms with van der Waals surface area (Å²) in [5.41, 5.74) is 0.770. The van der Waals surface area contributed by atoms with E-state index in [0.717, 1.165) is 14.9 Å². The van der Waals surface area contributed by atoms with Gasteiger partial charge in [-0.3, -0.25) is 0 Å². The molecule has 88 valence electrons. The van der Waals surface area contributed by atoms with Crippen molar-refractivity contribution >= 4 is 34.2 Å². The van der Waals surface area contributed by atoms with Crippen molar-refractivity contribution in [2.45, 2.75) is 6.61 Å². The predicted octanol–water partition coefficient (Wildman–Crippen LogP) is 4.66. The molecule has 2 rings (SSSR count). The van der Waals surface area contributed by atoms with Gasteiger partial charge in [0.25, 0.3) is 0 Å². The Morgan fingerprint density at radius 3 is 2.71 bits per heavy atom. The van der Waals surface area contributed by atoms with Crippen molar-refractivity contribution in [2.24, 2.45) is 0 Å². The molecular weight excluding hydrogens is 353 g/mol. The molecule has 4 heteroatoms. The van der Waals surface area contributed by atoms with Crippen LogP contribution in [0.3, 0.4) is 0 Å². The van der Waals surface area contributed by atoms with E-state index < -0.39 is 0 Å². The van der Waals surface area contributed by atoms with Gasteiger partial charge >= 0.3 is 0 Å². The SMILES string of the molecule is Fc1ccc(COc2cccc(I)c2)c(Cl)c1. The molecule has 0 aromatic heterocycles. The van der Waals surface area contributed by atoms with Crippen LogP contribution in [0.1, 0.15) is 5.56 Å². The molecule has 0 atom stereocenters. The summed E-state index contributed by atoms with van der Waals surface area (Å²) in [6, 6.07) is 12.0. The average molecular weight is 363 g/mol. The maximum absolute atomic E-state index is 12.8. The Balaban J connectivity index is 2.07. The first-order valence-electron chi connectivity index (χ1n) is 4.97. The normalized spacial score (nSPS) is 10.3. The van der Waals surface area contributed by atoms with Crippen LogP contribution in [0.4, 0.5) is 4.39 Å². The van der Waals surface area contributed by atoms with Crippen molar-refractivity contribution in [3.8, 4) is 5.75 Å². The number of halogens is 3. The van der Waals surface area contributed by atoms with Crippen molar-refractivity contribution in [3.05, 3.63) is 62.4 Å². The molecule has 0 aliphatic carbocycles. The fourth-order valence-electron chi connectivity index (χ4n) is 1.36. The van der Waals surface area contributed by atoms with Gasteiger partial charge in [0.1, 0.15) is 18.2 Å². The van der Waals surface area contributed by atoms with Gasteiger partial charge < -0.3 is 4.74 Å². The van der Waals surface area contributed by atoms with Gasteiger partial charge in [-0.05, 0) is 52.9 Å². The molecule has 17 heavy (non-hydrogen) atoms. The number of ether oxygens (including phenoxy) is 1. The smallest absolute Gasteiger partial charge is 0.124 e. The maximum Gasteiger partial charge on any atom is 0.124 e. The van der Waals surface area contributed by atoms with E-state index in [2.05, 4.69) is 22.6 Å². The molecule has 0 N–H and O–H groups in total. The lowest BCUT2D eigenvalue weighted by molar-refractivity contribution is 0.306. The molecule has 0 fully saturated rings. The molecule has 1 nitrogen and oxygen atoms in total. The monoisotopic (exact) mass is 362 g/mol. The van der Waals surface area contributed by atoms with Crippen molar-refractivity contribution in [1.82, 2.24) is 0 Å². The van der Waals surface area contributed by atoms with Crippen molar-refractivity contribution in [2.75, 3.05) is 0 Å². The second-order valence-electron chi connectivity index (χ2n) is 3.48. The molecule has 0 spiro atoms. The van der Waals surface area contributed by atoms with E-state index in [4.69, 9.17) is 16.3 Å². The highest BCUT2D eigenvalue weighted by atomic mass is 127. The lowest BCUT2D eigenvalue weighted by atomic mass is 10.2. The highest BCUT2D eigenvalue weighted by Gasteiger charge is 2.03. The zero-order valence-electron chi connectivity index (χ0n) is 8.79. The summed E-state index contributed by atoms with van der Waals surface area (Å²) in [4.78, 5) is 0. The summed E-state index contributed by atoms with van der Waals surface area (Å²) in [7, 11) is 0. The Kier molecular flexibility index (Phi) is 4.23. The molecular formula is C13H9ClFIO. The van der Waals surface area contributed by atoms with Gasteiger partial charge in [-0.25, -0.2) is 4.39 Å². The van der Waals surface area contributed by atoms with Gasteiger partial charge in [0.15, 0.2) is 0 Å². The first-order chi connectivity index (χ1) is 8.15. The van der Waals surface area contributed by atoms with Crippen LogP contribution in [0.5, 0.6) is 5.75 Å². The van der Waals surface area contributed by atoms with Crippen LogP contribution in [0.2, 0.25) is 5.02 Å². The maximum atomic E-state index is 12.8. The first kappa shape index (κ1) is 12.6. The van der Waals surface area contributed by atoms with E-state index in [9.17, 15) is 4.39 Å². The molecule has 2 aromatic carbocycles. The van der Waals surface area contributed by atoms with Gasteiger partial charge in [-0.1, -0.05) is 23.7 Å². The van der Waals surface area contributed by atoms with Crippen LogP contribution >= 0.6 is 34.2 Å². The third-order valence-electron chi connectivity index (χ3n) is 2.21. The largest absolute Gasteiger partial charge is 0.489 e. The van der Waals surface area contributed by atoms with Gasteiger partial charge in [-0.15, -0.1) is 0 Å². The standard InChI is InChI=1S/C13H9ClFIO/c14-13-6-10(15)5-4-9(13)8-17-12-3-1-2-11(16)7-12/h1-7H,8H2. The summed E-state index contributed by atoms with van der Waals surface area (Å²) >= 11 is 8.12. The Morgan fingerprint density at radius 2 is 2.00 bits per heavy atom. The summed E-state index contributed by atoms with van der Waals surface area (Å²) in [5.74, 6) is 0.435. The Morgan fingerprint density at radius 1 is 1.18 bits per heavy atom. The van der Waals surface area contributed by atoms with E-state index in [1.165, 1.54) is 12.1 Å². The zero-order chi connectivity index (χ0) is 12.3. The Bertz CT molecular complexity index is 531. The van der Waals surface area contributed by atoms with Gasteiger partial charge in [-0.2, -0.15) is 0 Å². The molecule has 0 aliphatic rings.